The Kier molecular flexibility index (Phi) is 4.05. The van der Waals surface area contributed by atoms with Gasteiger partial charge in [-0.15, -0.1) is 6.58 Å². The van der Waals surface area contributed by atoms with E-state index in [9.17, 15) is 4.79 Å². The fraction of sp³-hybridized carbons (Fsp3) is 0.400. The van der Waals surface area contributed by atoms with Crippen molar-refractivity contribution < 1.29 is 4.79 Å². The number of aryl methyl sites for hydroxylation is 2. The molecule has 0 aliphatic heterocycles. The molecule has 0 aliphatic rings. The van der Waals surface area contributed by atoms with E-state index in [0.717, 1.165) is 11.4 Å². The molecule has 1 aromatic heterocycles. The highest BCUT2D eigenvalue weighted by Crippen LogP contribution is 2.10. The Morgan fingerprint density at radius 2 is 2.47 bits per heavy atom. The van der Waals surface area contributed by atoms with E-state index >= 15 is 0 Å². The number of nitrogens with one attached hydrogen (secondary N) is 2. The lowest BCUT2D eigenvalue weighted by molar-refractivity contribution is -0.115. The van der Waals surface area contributed by atoms with Crippen LogP contribution in [0.4, 0.5) is 5.69 Å². The highest BCUT2D eigenvalue weighted by molar-refractivity contribution is 5.92. The number of carbonyl (C=O) groups is 1. The second-order valence-corrected chi connectivity index (χ2v) is 3.27. The van der Waals surface area contributed by atoms with Crippen LogP contribution >= 0.6 is 0 Å². The molecule has 0 aromatic carbocycles. The molecule has 1 heterocycles. The molecule has 2 N–H and O–H groups in total. The van der Waals surface area contributed by atoms with Gasteiger partial charge in [0.15, 0.2) is 0 Å². The maximum Gasteiger partial charge on any atom is 0.238 e. The van der Waals surface area contributed by atoms with E-state index in [4.69, 9.17) is 0 Å². The van der Waals surface area contributed by atoms with Crippen molar-refractivity contribution >= 4 is 11.6 Å². The minimum absolute atomic E-state index is 0.0760. The number of aromatic nitrogens is 2. The normalized spacial score (nSPS) is 10.0. The van der Waals surface area contributed by atoms with Gasteiger partial charge < -0.3 is 10.6 Å². The molecule has 5 nitrogen and oxygen atoms in total. The number of amides is 1. The average molecular weight is 208 g/mol. The Labute approximate surface area is 89.2 Å². The van der Waals surface area contributed by atoms with E-state index in [2.05, 4.69) is 22.3 Å². The average Bonchev–Trinajstić information content (AvgIpc) is 2.45. The van der Waals surface area contributed by atoms with Gasteiger partial charge in [-0.05, 0) is 6.92 Å². The molecular formula is C10H16N4O. The van der Waals surface area contributed by atoms with Crippen LogP contribution in [0, 0.1) is 6.92 Å². The molecule has 0 radical (unpaired) electrons. The molecule has 0 spiro atoms. The van der Waals surface area contributed by atoms with Crippen molar-refractivity contribution in [1.29, 1.82) is 0 Å². The van der Waals surface area contributed by atoms with E-state index in [1.165, 1.54) is 0 Å². The van der Waals surface area contributed by atoms with Gasteiger partial charge in [-0.1, -0.05) is 6.08 Å². The lowest BCUT2D eigenvalue weighted by Crippen LogP contribution is -2.28. The van der Waals surface area contributed by atoms with Crippen molar-refractivity contribution in [3.8, 4) is 0 Å². The minimum Gasteiger partial charge on any atom is -0.322 e. The number of anilines is 1. The summed E-state index contributed by atoms with van der Waals surface area (Å²) >= 11 is 0. The lowest BCUT2D eigenvalue weighted by Gasteiger charge is -2.03. The molecule has 0 atom stereocenters. The first-order chi connectivity index (χ1) is 7.13. The highest BCUT2D eigenvalue weighted by Gasteiger charge is 2.06. The standard InChI is InChI=1S/C10H16N4O/c1-4-5-11-6-10(15)12-9-7-14(3)13-8(9)2/h4,7,11H,1,5-6H2,2-3H3,(H,12,15). The van der Waals surface area contributed by atoms with Crippen molar-refractivity contribution in [1.82, 2.24) is 15.1 Å². The molecule has 0 unspecified atom stereocenters. The number of hydrogen-bond acceptors (Lipinski definition) is 3. The van der Waals surface area contributed by atoms with Crippen LogP contribution < -0.4 is 10.6 Å². The second kappa shape index (κ2) is 5.31. The van der Waals surface area contributed by atoms with Crippen LogP contribution in [0.25, 0.3) is 0 Å². The zero-order chi connectivity index (χ0) is 11.3. The number of rotatable bonds is 5. The van der Waals surface area contributed by atoms with Gasteiger partial charge in [-0.3, -0.25) is 9.48 Å². The van der Waals surface area contributed by atoms with Gasteiger partial charge in [0.1, 0.15) is 0 Å². The van der Waals surface area contributed by atoms with E-state index in [1.807, 2.05) is 14.0 Å². The SMILES string of the molecule is C=CCNCC(=O)Nc1cn(C)nc1C. The molecular weight excluding hydrogens is 192 g/mol. The van der Waals surface area contributed by atoms with Gasteiger partial charge in [0.2, 0.25) is 5.91 Å². The summed E-state index contributed by atoms with van der Waals surface area (Å²) in [6.45, 7) is 6.31. The van der Waals surface area contributed by atoms with Gasteiger partial charge >= 0.3 is 0 Å². The molecule has 15 heavy (non-hydrogen) atoms. The van der Waals surface area contributed by atoms with Gasteiger partial charge in [-0.25, -0.2) is 0 Å². The summed E-state index contributed by atoms with van der Waals surface area (Å²) in [7, 11) is 1.82. The van der Waals surface area contributed by atoms with Crippen molar-refractivity contribution in [3.63, 3.8) is 0 Å². The predicted octanol–water partition coefficient (Wildman–Crippen LogP) is 0.443. The molecule has 1 aromatic rings. The molecule has 1 amide bonds. The number of hydrogen-bond donors (Lipinski definition) is 2. The minimum atomic E-state index is -0.0760. The third kappa shape index (κ3) is 3.55. The third-order valence-electron chi connectivity index (χ3n) is 1.86. The van der Waals surface area contributed by atoms with Gasteiger partial charge in [0.25, 0.3) is 0 Å². The molecule has 1 rings (SSSR count). The largest absolute Gasteiger partial charge is 0.322 e. The van der Waals surface area contributed by atoms with Crippen molar-refractivity contribution in [2.75, 3.05) is 18.4 Å². The van der Waals surface area contributed by atoms with Gasteiger partial charge in [0.05, 0.1) is 17.9 Å². The Bertz CT molecular complexity index is 356. The van der Waals surface area contributed by atoms with E-state index < -0.39 is 0 Å². The highest BCUT2D eigenvalue weighted by atomic mass is 16.1. The van der Waals surface area contributed by atoms with E-state index in [0.29, 0.717) is 6.54 Å². The predicted molar refractivity (Wildman–Crippen MR) is 59.6 cm³/mol. The Morgan fingerprint density at radius 1 is 1.73 bits per heavy atom. The summed E-state index contributed by atoms with van der Waals surface area (Å²) in [5.41, 5.74) is 1.57. The van der Waals surface area contributed by atoms with E-state index in [1.54, 1.807) is 17.0 Å². The third-order valence-corrected chi connectivity index (χ3v) is 1.86. The van der Waals surface area contributed by atoms with Crippen molar-refractivity contribution in [2.24, 2.45) is 7.05 Å². The maximum absolute atomic E-state index is 11.4. The quantitative estimate of drug-likeness (QED) is 0.545. The second-order valence-electron chi connectivity index (χ2n) is 3.27. The maximum atomic E-state index is 11.4. The van der Waals surface area contributed by atoms with Gasteiger partial charge in [-0.2, -0.15) is 5.10 Å². The first-order valence-electron chi connectivity index (χ1n) is 4.75. The zero-order valence-corrected chi connectivity index (χ0v) is 9.08. The summed E-state index contributed by atoms with van der Waals surface area (Å²) in [6, 6.07) is 0. The number of carbonyl (C=O) groups excluding carboxylic acids is 1. The van der Waals surface area contributed by atoms with Crippen LogP contribution in [-0.2, 0) is 11.8 Å². The summed E-state index contributed by atoms with van der Waals surface area (Å²) in [4.78, 5) is 11.4. The number of nitrogens with zero attached hydrogens (tertiary/aromatic N) is 2. The molecule has 0 bridgehead atoms. The molecule has 82 valence electrons. The van der Waals surface area contributed by atoms with Crippen LogP contribution in [0.2, 0.25) is 0 Å². The van der Waals surface area contributed by atoms with Crippen LogP contribution in [0.3, 0.4) is 0 Å². The van der Waals surface area contributed by atoms with E-state index in [-0.39, 0.29) is 12.5 Å². The van der Waals surface area contributed by atoms with Crippen molar-refractivity contribution in [2.45, 2.75) is 6.92 Å². The fourth-order valence-corrected chi connectivity index (χ4v) is 1.20. The van der Waals surface area contributed by atoms with Crippen molar-refractivity contribution in [3.05, 3.63) is 24.5 Å². The summed E-state index contributed by atoms with van der Waals surface area (Å²) < 4.78 is 1.67. The Morgan fingerprint density at radius 3 is 3.00 bits per heavy atom. The Balaban J connectivity index is 2.44. The Hall–Kier alpha value is -1.62. The molecule has 0 aliphatic carbocycles. The molecule has 0 saturated carbocycles. The first-order valence-corrected chi connectivity index (χ1v) is 4.75. The monoisotopic (exact) mass is 208 g/mol. The van der Waals surface area contributed by atoms with Crippen LogP contribution in [0.1, 0.15) is 5.69 Å². The van der Waals surface area contributed by atoms with Gasteiger partial charge in [0, 0.05) is 19.8 Å². The molecule has 0 fully saturated rings. The first kappa shape index (κ1) is 11.5. The van der Waals surface area contributed by atoms with Crippen LogP contribution in [0.15, 0.2) is 18.9 Å². The summed E-state index contributed by atoms with van der Waals surface area (Å²) in [5, 5.41) is 9.82. The zero-order valence-electron chi connectivity index (χ0n) is 9.08. The summed E-state index contributed by atoms with van der Waals surface area (Å²) in [5.74, 6) is -0.0760. The summed E-state index contributed by atoms with van der Waals surface area (Å²) in [6.07, 6.45) is 3.49. The van der Waals surface area contributed by atoms with Crippen LogP contribution in [0.5, 0.6) is 0 Å². The molecule has 5 heteroatoms. The molecule has 0 saturated heterocycles. The van der Waals surface area contributed by atoms with Crippen LogP contribution in [-0.4, -0.2) is 28.8 Å². The topological polar surface area (TPSA) is 59.0 Å². The smallest absolute Gasteiger partial charge is 0.238 e. The lowest BCUT2D eigenvalue weighted by atomic mass is 10.4. The fourth-order valence-electron chi connectivity index (χ4n) is 1.20.